The molecule has 0 heteroatoms. The highest BCUT2D eigenvalue weighted by Crippen LogP contribution is 2.19. The summed E-state index contributed by atoms with van der Waals surface area (Å²) in [4.78, 5) is 0. The molecule has 0 saturated carbocycles. The zero-order chi connectivity index (χ0) is 10.3. The first-order valence-corrected chi connectivity index (χ1v) is 5.74. The van der Waals surface area contributed by atoms with Crippen LogP contribution in [-0.4, -0.2) is 0 Å². The Morgan fingerprint density at radius 2 is 1.54 bits per heavy atom. The number of hydrogen-bond donors (Lipinski definition) is 0. The Hall–Kier alpha value is -0.260. The summed E-state index contributed by atoms with van der Waals surface area (Å²) in [6, 6.07) is 0. The lowest BCUT2D eigenvalue weighted by Crippen LogP contribution is -1.96. The lowest BCUT2D eigenvalue weighted by Gasteiger charge is -2.12. The van der Waals surface area contributed by atoms with Crippen molar-refractivity contribution in [1.82, 2.24) is 0 Å². The molecule has 0 aromatic carbocycles. The van der Waals surface area contributed by atoms with Crippen LogP contribution in [0.2, 0.25) is 0 Å². The van der Waals surface area contributed by atoms with Gasteiger partial charge in [0.25, 0.3) is 0 Å². The normalized spacial score (nSPS) is 10.6. The Balaban J connectivity index is 3.61. The molecule has 0 aliphatic carbocycles. The van der Waals surface area contributed by atoms with Crippen molar-refractivity contribution in [2.75, 3.05) is 0 Å². The molecule has 0 nitrogen and oxygen atoms in total. The van der Waals surface area contributed by atoms with Gasteiger partial charge in [-0.3, -0.25) is 0 Å². The zero-order valence-corrected chi connectivity index (χ0v) is 10.1. The highest BCUT2D eigenvalue weighted by atomic mass is 14.1. The minimum atomic E-state index is 0.963. The molecule has 0 amide bonds. The second-order valence-electron chi connectivity index (χ2n) is 4.36. The van der Waals surface area contributed by atoms with E-state index in [1.807, 2.05) is 0 Å². The Labute approximate surface area is 84.4 Å². The molecule has 0 unspecified atom stereocenters. The molecular formula is C13H26. The Bertz CT molecular complexity index is 145. The van der Waals surface area contributed by atoms with Crippen molar-refractivity contribution in [2.24, 2.45) is 5.92 Å². The third-order valence-electron chi connectivity index (χ3n) is 3.17. The molecule has 78 valence electrons. The molecule has 0 saturated heterocycles. The highest BCUT2D eigenvalue weighted by Gasteiger charge is 2.02. The zero-order valence-electron chi connectivity index (χ0n) is 10.1. The molecule has 0 atom stereocenters. The van der Waals surface area contributed by atoms with Crippen molar-refractivity contribution in [2.45, 2.75) is 66.7 Å². The van der Waals surface area contributed by atoms with E-state index in [-0.39, 0.29) is 0 Å². The van der Waals surface area contributed by atoms with Crippen molar-refractivity contribution in [1.29, 1.82) is 0 Å². The van der Waals surface area contributed by atoms with Gasteiger partial charge in [-0.1, -0.05) is 44.3 Å². The first-order chi connectivity index (χ1) is 6.11. The van der Waals surface area contributed by atoms with Crippen LogP contribution in [0, 0.1) is 5.92 Å². The molecule has 0 heterocycles. The van der Waals surface area contributed by atoms with Crippen molar-refractivity contribution < 1.29 is 0 Å². The van der Waals surface area contributed by atoms with Crippen LogP contribution in [0.15, 0.2) is 11.1 Å². The summed E-state index contributed by atoms with van der Waals surface area (Å²) < 4.78 is 0. The predicted molar refractivity (Wildman–Crippen MR) is 62.0 cm³/mol. The Morgan fingerprint density at radius 1 is 1.00 bits per heavy atom. The largest absolute Gasteiger partial charge is 0.0775 e. The lowest BCUT2D eigenvalue weighted by molar-refractivity contribution is 0.440. The fraction of sp³-hybridized carbons (Fsp3) is 0.846. The molecule has 0 aliphatic rings. The number of allylic oxidation sites excluding steroid dienone is 2. The van der Waals surface area contributed by atoms with Gasteiger partial charge in [-0.15, -0.1) is 0 Å². The average Bonchev–Trinajstić information content (AvgIpc) is 2.12. The van der Waals surface area contributed by atoms with Crippen molar-refractivity contribution in [3.63, 3.8) is 0 Å². The van der Waals surface area contributed by atoms with Gasteiger partial charge >= 0.3 is 0 Å². The Morgan fingerprint density at radius 3 is 1.92 bits per heavy atom. The van der Waals surface area contributed by atoms with E-state index in [1.54, 1.807) is 5.57 Å². The summed E-state index contributed by atoms with van der Waals surface area (Å²) in [5.41, 5.74) is 3.09. The highest BCUT2D eigenvalue weighted by molar-refractivity contribution is 5.06. The minimum absolute atomic E-state index is 0.963. The van der Waals surface area contributed by atoms with Crippen LogP contribution in [0.1, 0.15) is 66.7 Å². The first-order valence-electron chi connectivity index (χ1n) is 5.74. The topological polar surface area (TPSA) is 0 Å². The van der Waals surface area contributed by atoms with E-state index in [4.69, 9.17) is 0 Å². The summed E-state index contributed by atoms with van der Waals surface area (Å²) in [7, 11) is 0. The molecule has 13 heavy (non-hydrogen) atoms. The van der Waals surface area contributed by atoms with Crippen LogP contribution in [-0.2, 0) is 0 Å². The van der Waals surface area contributed by atoms with E-state index in [9.17, 15) is 0 Å². The average molecular weight is 182 g/mol. The summed E-state index contributed by atoms with van der Waals surface area (Å²) >= 11 is 0. The van der Waals surface area contributed by atoms with E-state index in [0.29, 0.717) is 0 Å². The predicted octanol–water partition coefficient (Wildman–Crippen LogP) is 4.95. The SMILES string of the molecule is CCC(CC)CCCC(C)=C(C)C. The molecule has 0 rings (SSSR count). The van der Waals surface area contributed by atoms with Crippen LogP contribution in [0.5, 0.6) is 0 Å². The number of hydrogen-bond acceptors (Lipinski definition) is 0. The van der Waals surface area contributed by atoms with Crippen LogP contribution in [0.4, 0.5) is 0 Å². The maximum atomic E-state index is 2.31. The summed E-state index contributed by atoms with van der Waals surface area (Å²) in [5, 5.41) is 0. The van der Waals surface area contributed by atoms with E-state index < -0.39 is 0 Å². The van der Waals surface area contributed by atoms with Gasteiger partial charge in [0.05, 0.1) is 0 Å². The van der Waals surface area contributed by atoms with Gasteiger partial charge in [0.2, 0.25) is 0 Å². The quantitative estimate of drug-likeness (QED) is 0.510. The Kier molecular flexibility index (Phi) is 7.03. The van der Waals surface area contributed by atoms with Gasteiger partial charge in [0.15, 0.2) is 0 Å². The fourth-order valence-electron chi connectivity index (χ4n) is 1.60. The third-order valence-corrected chi connectivity index (χ3v) is 3.17. The van der Waals surface area contributed by atoms with Gasteiger partial charge in [0, 0.05) is 0 Å². The molecular weight excluding hydrogens is 156 g/mol. The van der Waals surface area contributed by atoms with E-state index in [2.05, 4.69) is 34.6 Å². The van der Waals surface area contributed by atoms with Crippen molar-refractivity contribution in [3.8, 4) is 0 Å². The third kappa shape index (κ3) is 5.90. The maximum Gasteiger partial charge on any atom is -0.0320 e. The second kappa shape index (κ2) is 7.17. The molecule has 0 radical (unpaired) electrons. The molecule has 0 aliphatic heterocycles. The molecule has 0 fully saturated rings. The summed E-state index contributed by atoms with van der Waals surface area (Å²) in [6.07, 6.45) is 6.80. The smallest absolute Gasteiger partial charge is 0.0320 e. The second-order valence-corrected chi connectivity index (χ2v) is 4.36. The van der Waals surface area contributed by atoms with Crippen molar-refractivity contribution in [3.05, 3.63) is 11.1 Å². The molecule has 0 spiro atoms. The van der Waals surface area contributed by atoms with Gasteiger partial charge in [-0.05, 0) is 39.5 Å². The van der Waals surface area contributed by atoms with Crippen LogP contribution < -0.4 is 0 Å². The van der Waals surface area contributed by atoms with Crippen LogP contribution in [0.3, 0.4) is 0 Å². The van der Waals surface area contributed by atoms with Gasteiger partial charge < -0.3 is 0 Å². The first kappa shape index (κ1) is 12.7. The van der Waals surface area contributed by atoms with E-state index in [0.717, 1.165) is 5.92 Å². The van der Waals surface area contributed by atoms with Crippen LogP contribution >= 0.6 is 0 Å². The monoisotopic (exact) mass is 182 g/mol. The van der Waals surface area contributed by atoms with E-state index in [1.165, 1.54) is 37.7 Å². The molecule has 0 bridgehead atoms. The van der Waals surface area contributed by atoms with Crippen molar-refractivity contribution >= 4 is 0 Å². The standard InChI is InChI=1S/C13H26/c1-6-13(7-2)10-8-9-12(5)11(3)4/h13H,6-10H2,1-5H3. The van der Waals surface area contributed by atoms with Crippen LogP contribution in [0.25, 0.3) is 0 Å². The van der Waals surface area contributed by atoms with Gasteiger partial charge in [-0.25, -0.2) is 0 Å². The van der Waals surface area contributed by atoms with Gasteiger partial charge in [0.1, 0.15) is 0 Å². The number of rotatable bonds is 6. The van der Waals surface area contributed by atoms with E-state index >= 15 is 0 Å². The summed E-state index contributed by atoms with van der Waals surface area (Å²) in [6.45, 7) is 11.3. The molecule has 0 aromatic rings. The minimum Gasteiger partial charge on any atom is -0.0775 e. The van der Waals surface area contributed by atoms with Gasteiger partial charge in [-0.2, -0.15) is 0 Å². The maximum absolute atomic E-state index is 2.31. The summed E-state index contributed by atoms with van der Waals surface area (Å²) in [5.74, 6) is 0.963. The molecule has 0 N–H and O–H groups in total. The fourth-order valence-corrected chi connectivity index (χ4v) is 1.60. The lowest BCUT2D eigenvalue weighted by atomic mass is 9.95. The molecule has 0 aromatic heterocycles.